The summed E-state index contributed by atoms with van der Waals surface area (Å²) in [5, 5.41) is 0.742. The molecule has 4 rings (SSSR count). The van der Waals surface area contributed by atoms with Crippen LogP contribution in [-0.2, 0) is 0 Å². The van der Waals surface area contributed by atoms with E-state index in [-0.39, 0.29) is 11.8 Å². The normalized spacial score (nSPS) is 17.8. The molecule has 26 heavy (non-hydrogen) atoms. The van der Waals surface area contributed by atoms with Gasteiger partial charge in [0.2, 0.25) is 0 Å². The number of anilines is 1. The van der Waals surface area contributed by atoms with Gasteiger partial charge < -0.3 is 9.80 Å². The van der Waals surface area contributed by atoms with Crippen LogP contribution >= 0.6 is 11.6 Å². The lowest BCUT2D eigenvalue weighted by atomic mass is 10.1. The van der Waals surface area contributed by atoms with Crippen LogP contribution in [0, 0.1) is 6.92 Å². The quantitative estimate of drug-likeness (QED) is 0.835. The number of hydrogen-bond acceptors (Lipinski definition) is 3. The second-order valence-corrected chi connectivity index (χ2v) is 7.35. The Balaban J connectivity index is 1.41. The van der Waals surface area contributed by atoms with Gasteiger partial charge in [-0.3, -0.25) is 9.59 Å². The van der Waals surface area contributed by atoms with Gasteiger partial charge >= 0.3 is 0 Å². The Hall–Kier alpha value is -2.37. The fourth-order valence-corrected chi connectivity index (χ4v) is 3.92. The van der Waals surface area contributed by atoms with E-state index < -0.39 is 0 Å². The maximum absolute atomic E-state index is 12.5. The molecule has 2 aliphatic heterocycles. The summed E-state index contributed by atoms with van der Waals surface area (Å²) in [6.07, 6.45) is 0. The van der Waals surface area contributed by atoms with Crippen molar-refractivity contribution in [3.8, 4) is 0 Å². The molecule has 0 radical (unpaired) electrons. The molecule has 0 bridgehead atoms. The Morgan fingerprint density at radius 2 is 1.62 bits per heavy atom. The van der Waals surface area contributed by atoms with Gasteiger partial charge in [0, 0.05) is 10.7 Å². The molecule has 0 spiro atoms. The minimum absolute atomic E-state index is 0.175. The van der Waals surface area contributed by atoms with Crippen molar-refractivity contribution in [2.24, 2.45) is 0 Å². The zero-order valence-electron chi connectivity index (χ0n) is 14.7. The molecule has 0 unspecified atom stereocenters. The van der Waals surface area contributed by atoms with Gasteiger partial charge in [-0.15, -0.1) is 0 Å². The smallest absolute Gasteiger partial charge is 0.265 e. The van der Waals surface area contributed by atoms with Crippen LogP contribution in [0.4, 0.5) is 5.69 Å². The zero-order valence-corrected chi connectivity index (χ0v) is 15.4. The molecule has 0 atom stereocenters. The summed E-state index contributed by atoms with van der Waals surface area (Å²) < 4.78 is 0. The average Bonchev–Trinajstić information content (AvgIpc) is 2.90. The highest BCUT2D eigenvalue weighted by Gasteiger charge is 2.38. The molecule has 1 fully saturated rings. The summed E-state index contributed by atoms with van der Waals surface area (Å²) >= 11 is 6.14. The van der Waals surface area contributed by atoms with Gasteiger partial charge in [-0.2, -0.15) is 0 Å². The molecule has 6 heteroatoms. The van der Waals surface area contributed by atoms with Crippen molar-refractivity contribution >= 4 is 29.1 Å². The Labute approximate surface area is 157 Å². The zero-order chi connectivity index (χ0) is 18.3. The van der Waals surface area contributed by atoms with Crippen molar-refractivity contribution in [1.29, 1.82) is 0 Å². The third kappa shape index (κ3) is 2.97. The first-order valence-corrected chi connectivity index (χ1v) is 9.22. The molecule has 2 heterocycles. The van der Waals surface area contributed by atoms with Crippen LogP contribution in [0.1, 0.15) is 26.3 Å². The Morgan fingerprint density at radius 1 is 1.00 bits per heavy atom. The molecule has 1 N–H and O–H groups in total. The van der Waals surface area contributed by atoms with Crippen molar-refractivity contribution in [2.45, 2.75) is 6.92 Å². The van der Waals surface area contributed by atoms with E-state index in [2.05, 4.69) is 11.8 Å². The monoisotopic (exact) mass is 370 g/mol. The lowest BCUT2D eigenvalue weighted by Crippen LogP contribution is -3.16. The number of carbonyl (C=O) groups excluding carboxylic acids is 2. The van der Waals surface area contributed by atoms with Gasteiger partial charge in [-0.1, -0.05) is 29.8 Å². The highest BCUT2D eigenvalue weighted by molar-refractivity contribution is 6.30. The lowest BCUT2D eigenvalue weighted by molar-refractivity contribution is -0.907. The molecule has 0 aliphatic carbocycles. The first kappa shape index (κ1) is 17.1. The number of rotatable bonds is 3. The highest BCUT2D eigenvalue weighted by Crippen LogP contribution is 2.24. The van der Waals surface area contributed by atoms with Crippen molar-refractivity contribution in [1.82, 2.24) is 4.90 Å². The number of carbonyl (C=O) groups is 2. The van der Waals surface area contributed by atoms with E-state index in [9.17, 15) is 9.59 Å². The molecule has 2 amide bonds. The van der Waals surface area contributed by atoms with Gasteiger partial charge in [-0.25, -0.2) is 4.90 Å². The number of amides is 2. The van der Waals surface area contributed by atoms with Gasteiger partial charge in [0.05, 0.1) is 37.3 Å². The van der Waals surface area contributed by atoms with Crippen LogP contribution < -0.4 is 9.80 Å². The van der Waals surface area contributed by atoms with E-state index in [1.165, 1.54) is 15.4 Å². The molecule has 0 aromatic heterocycles. The predicted molar refractivity (Wildman–Crippen MR) is 101 cm³/mol. The molecular weight excluding hydrogens is 350 g/mol. The summed E-state index contributed by atoms with van der Waals surface area (Å²) in [5.74, 6) is -0.350. The van der Waals surface area contributed by atoms with E-state index >= 15 is 0 Å². The van der Waals surface area contributed by atoms with Crippen molar-refractivity contribution in [2.75, 3.05) is 37.7 Å². The molecule has 5 nitrogen and oxygen atoms in total. The topological polar surface area (TPSA) is 45.1 Å². The van der Waals surface area contributed by atoms with Crippen LogP contribution in [0.2, 0.25) is 5.02 Å². The van der Waals surface area contributed by atoms with Gasteiger partial charge in [0.15, 0.2) is 6.67 Å². The van der Waals surface area contributed by atoms with E-state index in [4.69, 9.17) is 11.6 Å². The van der Waals surface area contributed by atoms with E-state index in [0.29, 0.717) is 17.8 Å². The number of nitrogens with zero attached hydrogens (tertiary/aromatic N) is 2. The fourth-order valence-electron chi connectivity index (χ4n) is 3.75. The SMILES string of the molecule is Cc1ccc(Cl)cc1N1CC[NH+](CN2C(=O)c3ccccc3C2=O)CC1. The lowest BCUT2D eigenvalue weighted by Gasteiger charge is -2.35. The second-order valence-electron chi connectivity index (χ2n) is 6.91. The van der Waals surface area contributed by atoms with Crippen molar-refractivity contribution in [3.05, 3.63) is 64.2 Å². The number of nitrogens with one attached hydrogen (secondary N) is 1. The summed E-state index contributed by atoms with van der Waals surface area (Å²) in [4.78, 5) is 30.0. The number of hydrogen-bond donors (Lipinski definition) is 1. The summed E-state index contributed by atoms with van der Waals surface area (Å²) in [6, 6.07) is 13.0. The van der Waals surface area contributed by atoms with E-state index in [1.807, 2.05) is 18.2 Å². The molecular formula is C20H21ClN3O2+. The number of halogens is 1. The summed E-state index contributed by atoms with van der Waals surface area (Å²) in [6.45, 7) is 6.01. The number of benzene rings is 2. The third-order valence-corrected chi connectivity index (χ3v) is 5.48. The Morgan fingerprint density at radius 3 is 2.23 bits per heavy atom. The van der Waals surface area contributed by atoms with Crippen LogP contribution in [0.5, 0.6) is 0 Å². The number of fused-ring (bicyclic) bond motifs is 1. The van der Waals surface area contributed by atoms with Gasteiger partial charge in [0.25, 0.3) is 11.8 Å². The number of imide groups is 1. The largest absolute Gasteiger partial charge is 0.360 e. The maximum Gasteiger partial charge on any atom is 0.265 e. The van der Waals surface area contributed by atoms with Crippen LogP contribution in [0.15, 0.2) is 42.5 Å². The standard InChI is InChI=1S/C20H20ClN3O2/c1-14-6-7-15(21)12-18(14)23-10-8-22(9-11-23)13-24-19(25)16-4-2-3-5-17(16)20(24)26/h2-7,12H,8-11,13H2,1H3/p+1. The summed E-state index contributed by atoms with van der Waals surface area (Å²) in [5.41, 5.74) is 3.41. The fraction of sp³-hybridized carbons (Fsp3) is 0.300. The van der Waals surface area contributed by atoms with E-state index in [1.54, 1.807) is 24.3 Å². The van der Waals surface area contributed by atoms with Crippen LogP contribution in [-0.4, -0.2) is 49.6 Å². The molecule has 2 aliphatic rings. The number of aryl methyl sites for hydroxylation is 1. The molecule has 1 saturated heterocycles. The summed E-state index contributed by atoms with van der Waals surface area (Å²) in [7, 11) is 0. The van der Waals surface area contributed by atoms with Crippen molar-refractivity contribution in [3.63, 3.8) is 0 Å². The Bertz CT molecular complexity index is 840. The molecule has 0 saturated carbocycles. The van der Waals surface area contributed by atoms with Crippen LogP contribution in [0.25, 0.3) is 0 Å². The minimum Gasteiger partial charge on any atom is -0.360 e. The van der Waals surface area contributed by atoms with Gasteiger partial charge in [0.1, 0.15) is 0 Å². The third-order valence-electron chi connectivity index (χ3n) is 5.24. The average molecular weight is 371 g/mol. The molecule has 134 valence electrons. The second kappa shape index (κ2) is 6.74. The maximum atomic E-state index is 12.5. The van der Waals surface area contributed by atoms with Crippen LogP contribution in [0.3, 0.4) is 0 Å². The first-order chi connectivity index (χ1) is 12.5. The number of piperazine rings is 1. The van der Waals surface area contributed by atoms with E-state index in [0.717, 1.165) is 36.9 Å². The molecule has 2 aromatic carbocycles. The number of quaternary nitrogens is 1. The highest BCUT2D eigenvalue weighted by atomic mass is 35.5. The predicted octanol–water partition coefficient (Wildman–Crippen LogP) is 1.61. The van der Waals surface area contributed by atoms with Crippen molar-refractivity contribution < 1.29 is 14.5 Å². The Kier molecular flexibility index (Phi) is 4.42. The van der Waals surface area contributed by atoms with Gasteiger partial charge in [-0.05, 0) is 36.8 Å². The molecule has 2 aromatic rings. The first-order valence-electron chi connectivity index (χ1n) is 8.84. The minimum atomic E-state index is -0.175.